The van der Waals surface area contributed by atoms with E-state index in [2.05, 4.69) is 25.7 Å². The van der Waals surface area contributed by atoms with Crippen molar-refractivity contribution in [3.05, 3.63) is 18.1 Å². The van der Waals surface area contributed by atoms with Gasteiger partial charge in [0, 0.05) is 11.8 Å². The Morgan fingerprint density at radius 2 is 2.14 bits per heavy atom. The molecular weight excluding hydrogens is 278 g/mol. The number of hydrogen-bond donors (Lipinski definition) is 6. The Bertz CT molecular complexity index is 633. The number of hydrogen-bond acceptors (Lipinski definition) is 8. The maximum Gasteiger partial charge on any atom is 0.177 e. The van der Waals surface area contributed by atoms with Gasteiger partial charge < -0.3 is 25.6 Å². The summed E-state index contributed by atoms with van der Waals surface area (Å²) in [6.07, 6.45) is 0.994. The normalized spacial score (nSPS) is 29.1. The highest BCUT2D eigenvalue weighted by molar-refractivity contribution is 5.88. The number of aliphatic hydroxyl groups is 3. The molecule has 0 aromatic carbocycles. The lowest BCUT2D eigenvalue weighted by Crippen LogP contribution is -2.35. The summed E-state index contributed by atoms with van der Waals surface area (Å²) in [5, 5.41) is 32.2. The van der Waals surface area contributed by atoms with Crippen molar-refractivity contribution in [2.45, 2.75) is 24.3 Å². The van der Waals surface area contributed by atoms with Crippen LogP contribution in [0, 0.1) is 0 Å². The van der Waals surface area contributed by atoms with Crippen LogP contribution < -0.4 is 10.8 Å². The molecule has 1 saturated heterocycles. The van der Waals surface area contributed by atoms with E-state index in [1.54, 1.807) is 6.20 Å². The maximum atomic E-state index is 10.1. The second kappa shape index (κ2) is 5.54. The fraction of sp³-hybridized carbons (Fsp3) is 0.500. The first-order chi connectivity index (χ1) is 10.2. The van der Waals surface area contributed by atoms with E-state index in [0.29, 0.717) is 22.4 Å². The number of nitrogens with zero attached hydrogens (tertiary/aromatic N) is 2. The minimum atomic E-state index is -1.04. The van der Waals surface area contributed by atoms with Crippen molar-refractivity contribution in [2.24, 2.45) is 0 Å². The lowest BCUT2D eigenvalue weighted by molar-refractivity contribution is 0.0196. The molecule has 3 rings (SSSR count). The second-order valence-corrected chi connectivity index (χ2v) is 4.91. The number of fused-ring (bicyclic) bond motifs is 1. The highest BCUT2D eigenvalue weighted by atomic mass is 16.6. The SMILES string of the molecule is CONc1ncnc2c([C@@H]3N[C@H](CO)[C@@H](O)[C@H]3O)c[nH]c12. The number of nitrogens with one attached hydrogen (secondary N) is 3. The highest BCUT2D eigenvalue weighted by Gasteiger charge is 2.42. The number of H-pyrrole nitrogens is 1. The molecule has 1 aliphatic rings. The van der Waals surface area contributed by atoms with Gasteiger partial charge in [-0.1, -0.05) is 0 Å². The van der Waals surface area contributed by atoms with Gasteiger partial charge in [0.15, 0.2) is 5.82 Å². The predicted molar refractivity (Wildman–Crippen MR) is 73.3 cm³/mol. The van der Waals surface area contributed by atoms with Gasteiger partial charge in [-0.15, -0.1) is 0 Å². The van der Waals surface area contributed by atoms with E-state index in [4.69, 9.17) is 4.84 Å². The van der Waals surface area contributed by atoms with Crippen LogP contribution in [0.15, 0.2) is 12.5 Å². The molecule has 6 N–H and O–H groups in total. The van der Waals surface area contributed by atoms with Crippen LogP contribution in [0.25, 0.3) is 11.0 Å². The zero-order valence-electron chi connectivity index (χ0n) is 11.3. The Kier molecular flexibility index (Phi) is 3.74. The molecule has 2 aromatic heterocycles. The Balaban J connectivity index is 2.00. The van der Waals surface area contributed by atoms with E-state index >= 15 is 0 Å². The van der Waals surface area contributed by atoms with Gasteiger partial charge in [-0.05, 0) is 0 Å². The van der Waals surface area contributed by atoms with Gasteiger partial charge in [0.05, 0.1) is 37.4 Å². The molecule has 0 aliphatic carbocycles. The van der Waals surface area contributed by atoms with Crippen LogP contribution in [-0.2, 0) is 4.84 Å². The summed E-state index contributed by atoms with van der Waals surface area (Å²) < 4.78 is 0. The second-order valence-electron chi connectivity index (χ2n) is 4.91. The Labute approximate surface area is 119 Å². The Morgan fingerprint density at radius 1 is 1.33 bits per heavy atom. The molecule has 0 saturated carbocycles. The van der Waals surface area contributed by atoms with Gasteiger partial charge in [0.2, 0.25) is 0 Å². The van der Waals surface area contributed by atoms with Crippen LogP contribution in [0.3, 0.4) is 0 Å². The minimum Gasteiger partial charge on any atom is -0.395 e. The van der Waals surface area contributed by atoms with Crippen LogP contribution in [-0.4, -0.2) is 62.2 Å². The van der Waals surface area contributed by atoms with Gasteiger partial charge in [0.25, 0.3) is 0 Å². The van der Waals surface area contributed by atoms with Crippen molar-refractivity contribution in [1.82, 2.24) is 20.3 Å². The fourth-order valence-corrected chi connectivity index (χ4v) is 2.67. The molecular formula is C12H17N5O4. The van der Waals surface area contributed by atoms with Gasteiger partial charge >= 0.3 is 0 Å². The third-order valence-corrected chi connectivity index (χ3v) is 3.72. The third-order valence-electron chi connectivity index (χ3n) is 3.72. The molecule has 9 heteroatoms. The molecule has 114 valence electrons. The topological polar surface area (TPSA) is 136 Å². The largest absolute Gasteiger partial charge is 0.395 e. The molecule has 0 unspecified atom stereocenters. The summed E-state index contributed by atoms with van der Waals surface area (Å²) in [5.41, 5.74) is 4.56. The summed E-state index contributed by atoms with van der Waals surface area (Å²) in [5.74, 6) is 0.473. The molecule has 9 nitrogen and oxygen atoms in total. The Morgan fingerprint density at radius 3 is 2.81 bits per heavy atom. The van der Waals surface area contributed by atoms with Gasteiger partial charge in [-0.25, -0.2) is 15.4 Å². The molecule has 3 heterocycles. The molecule has 2 aromatic rings. The number of aromatic nitrogens is 3. The summed E-state index contributed by atoms with van der Waals surface area (Å²) in [6, 6.07) is -1.11. The lowest BCUT2D eigenvalue weighted by Gasteiger charge is -2.14. The first-order valence-electron chi connectivity index (χ1n) is 6.51. The van der Waals surface area contributed by atoms with Crippen molar-refractivity contribution in [3.8, 4) is 0 Å². The van der Waals surface area contributed by atoms with Gasteiger partial charge in [-0.2, -0.15) is 0 Å². The number of aromatic amines is 1. The minimum absolute atomic E-state index is 0.261. The lowest BCUT2D eigenvalue weighted by atomic mass is 10.0. The molecule has 0 bridgehead atoms. The van der Waals surface area contributed by atoms with Crippen LogP contribution in [0.1, 0.15) is 11.6 Å². The van der Waals surface area contributed by atoms with E-state index < -0.39 is 24.3 Å². The molecule has 4 atom stereocenters. The average molecular weight is 295 g/mol. The van der Waals surface area contributed by atoms with E-state index in [9.17, 15) is 15.3 Å². The molecule has 0 spiro atoms. The van der Waals surface area contributed by atoms with E-state index in [1.165, 1.54) is 13.4 Å². The van der Waals surface area contributed by atoms with Crippen LogP contribution in [0.5, 0.6) is 0 Å². The van der Waals surface area contributed by atoms with Crippen LogP contribution in [0.4, 0.5) is 5.82 Å². The fourth-order valence-electron chi connectivity index (χ4n) is 2.67. The maximum absolute atomic E-state index is 10.1. The zero-order chi connectivity index (χ0) is 15.0. The van der Waals surface area contributed by atoms with Crippen molar-refractivity contribution in [3.63, 3.8) is 0 Å². The van der Waals surface area contributed by atoms with E-state index in [1.807, 2.05) is 0 Å². The average Bonchev–Trinajstić information content (AvgIpc) is 3.03. The zero-order valence-corrected chi connectivity index (χ0v) is 11.3. The predicted octanol–water partition coefficient (Wildman–Crippen LogP) is -1.34. The van der Waals surface area contributed by atoms with Gasteiger partial charge in [0.1, 0.15) is 17.9 Å². The van der Waals surface area contributed by atoms with Crippen molar-refractivity contribution in [2.75, 3.05) is 19.2 Å². The first kappa shape index (κ1) is 14.2. The smallest absolute Gasteiger partial charge is 0.177 e. The summed E-state index contributed by atoms with van der Waals surface area (Å²) in [4.78, 5) is 16.1. The molecule has 1 aliphatic heterocycles. The molecule has 1 fully saturated rings. The summed E-state index contributed by atoms with van der Waals surface area (Å²) in [6.45, 7) is -0.261. The molecule has 21 heavy (non-hydrogen) atoms. The van der Waals surface area contributed by atoms with E-state index in [-0.39, 0.29) is 6.61 Å². The van der Waals surface area contributed by atoms with Crippen molar-refractivity contribution in [1.29, 1.82) is 0 Å². The quantitative estimate of drug-likeness (QED) is 0.381. The van der Waals surface area contributed by atoms with Crippen molar-refractivity contribution >= 4 is 16.9 Å². The Hall–Kier alpha value is -1.78. The molecule has 0 radical (unpaired) electrons. The van der Waals surface area contributed by atoms with Crippen molar-refractivity contribution < 1.29 is 20.2 Å². The first-order valence-corrected chi connectivity index (χ1v) is 6.51. The highest BCUT2D eigenvalue weighted by Crippen LogP contribution is 2.32. The van der Waals surface area contributed by atoms with E-state index in [0.717, 1.165) is 0 Å². The van der Waals surface area contributed by atoms with Crippen LogP contribution >= 0.6 is 0 Å². The van der Waals surface area contributed by atoms with Crippen LogP contribution in [0.2, 0.25) is 0 Å². The number of anilines is 1. The monoisotopic (exact) mass is 295 g/mol. The number of rotatable bonds is 4. The summed E-state index contributed by atoms with van der Waals surface area (Å²) in [7, 11) is 1.47. The third kappa shape index (κ3) is 2.24. The standard InChI is InChI=1S/C12H17N5O4/c1-21-17-12-9-7(14-4-15-12)5(2-13-9)8-11(20)10(19)6(3-18)16-8/h2,4,6,8,10-11,13,16,18-20H,3H2,1H3,(H,14,15,17)/t6-,8+,10-,11+/m1/s1. The number of aliphatic hydroxyl groups excluding tert-OH is 3. The molecule has 0 amide bonds. The summed E-state index contributed by atoms with van der Waals surface area (Å²) >= 11 is 0. The van der Waals surface area contributed by atoms with Gasteiger partial charge in [-0.3, -0.25) is 4.84 Å².